The number of ether oxygens (including phenoxy) is 1. The second kappa shape index (κ2) is 14.7. The van der Waals surface area contributed by atoms with E-state index >= 15 is 0 Å². The van der Waals surface area contributed by atoms with Crippen molar-refractivity contribution in [2.45, 2.75) is 26.2 Å². The first-order valence-electron chi connectivity index (χ1n) is 12.6. The number of carbonyl (C=O) groups is 2. The number of anilines is 1. The van der Waals surface area contributed by atoms with Crippen LogP contribution in [0.2, 0.25) is 0 Å². The van der Waals surface area contributed by atoms with Crippen LogP contribution in [-0.2, 0) is 4.79 Å². The maximum atomic E-state index is 12.9. The van der Waals surface area contributed by atoms with Crippen LogP contribution in [0, 0.1) is 0 Å². The third-order valence-corrected chi connectivity index (χ3v) is 6.77. The van der Waals surface area contributed by atoms with Crippen LogP contribution in [0.25, 0.3) is 6.08 Å². The fourth-order valence-electron chi connectivity index (χ4n) is 4.12. The van der Waals surface area contributed by atoms with Gasteiger partial charge in [0, 0.05) is 68.0 Å². The first kappa shape index (κ1) is 27.7. The summed E-state index contributed by atoms with van der Waals surface area (Å²) in [5.74, 6) is 1.01. The van der Waals surface area contributed by atoms with Crippen molar-refractivity contribution < 1.29 is 14.3 Å². The molecular formula is C28H37BrN4O3. The number of rotatable bonds is 11. The van der Waals surface area contributed by atoms with Crippen LogP contribution >= 0.6 is 15.9 Å². The van der Waals surface area contributed by atoms with Crippen molar-refractivity contribution >= 4 is 39.6 Å². The minimum Gasteiger partial charge on any atom is -0.496 e. The molecule has 1 fully saturated rings. The van der Waals surface area contributed by atoms with Gasteiger partial charge in [-0.25, -0.2) is 4.79 Å². The zero-order valence-electron chi connectivity index (χ0n) is 21.3. The van der Waals surface area contributed by atoms with Gasteiger partial charge in [0.25, 0.3) is 0 Å². The van der Waals surface area contributed by atoms with Crippen LogP contribution in [0.15, 0.2) is 59.1 Å². The topological polar surface area (TPSA) is 65.1 Å². The summed E-state index contributed by atoms with van der Waals surface area (Å²) in [7, 11) is 1.66. The maximum Gasteiger partial charge on any atom is 0.321 e. The molecule has 1 N–H and O–H groups in total. The van der Waals surface area contributed by atoms with Gasteiger partial charge in [-0.1, -0.05) is 65.7 Å². The number of unbranched alkanes of at least 4 members (excludes halogenated alkanes) is 1. The lowest BCUT2D eigenvalue weighted by Gasteiger charge is -2.35. The van der Waals surface area contributed by atoms with Crippen molar-refractivity contribution in [2.75, 3.05) is 58.2 Å². The molecule has 2 aromatic carbocycles. The Kier molecular flexibility index (Phi) is 11.3. The zero-order valence-corrected chi connectivity index (χ0v) is 22.9. The molecule has 0 atom stereocenters. The lowest BCUT2D eigenvalue weighted by atomic mass is 10.2. The zero-order chi connectivity index (χ0) is 25.8. The number of carbonyl (C=O) groups excluding carboxylic acids is 2. The quantitative estimate of drug-likeness (QED) is 0.405. The van der Waals surface area contributed by atoms with Gasteiger partial charge in [-0.15, -0.1) is 0 Å². The number of hydrogen-bond acceptors (Lipinski definition) is 4. The minimum atomic E-state index is -0.0782. The Morgan fingerprint density at radius 3 is 2.61 bits per heavy atom. The third kappa shape index (κ3) is 8.68. The Balaban J connectivity index is 1.49. The van der Waals surface area contributed by atoms with Gasteiger partial charge in [-0.2, -0.15) is 0 Å². The number of halogens is 1. The second-order valence-electron chi connectivity index (χ2n) is 8.86. The van der Waals surface area contributed by atoms with E-state index in [-0.39, 0.29) is 11.9 Å². The summed E-state index contributed by atoms with van der Waals surface area (Å²) < 4.78 is 6.35. The van der Waals surface area contributed by atoms with Gasteiger partial charge in [0.1, 0.15) is 5.75 Å². The molecule has 36 heavy (non-hydrogen) atoms. The molecule has 3 rings (SSSR count). The Hall–Kier alpha value is -2.84. The molecule has 194 valence electrons. The standard InChI is InChI=1S/C28H37BrN4O3/c1-3-4-14-27(34)32(15-8-10-23-9-5-6-13-26(23)36-2)19-16-31-17-20-33(21-18-31)28(35)30-25-12-7-11-24(29)22-25/h5-13,22H,3-4,14-21H2,1-2H3,(H,30,35). The molecule has 7 nitrogen and oxygen atoms in total. The predicted molar refractivity (Wildman–Crippen MR) is 149 cm³/mol. The van der Waals surface area contributed by atoms with Gasteiger partial charge in [-0.3, -0.25) is 9.69 Å². The Morgan fingerprint density at radius 2 is 1.89 bits per heavy atom. The molecular weight excluding hydrogens is 520 g/mol. The molecule has 1 saturated heterocycles. The third-order valence-electron chi connectivity index (χ3n) is 6.28. The van der Waals surface area contributed by atoms with Crippen LogP contribution in [0.4, 0.5) is 10.5 Å². The van der Waals surface area contributed by atoms with Crippen molar-refractivity contribution in [3.05, 3.63) is 64.6 Å². The molecule has 1 aliphatic heterocycles. The van der Waals surface area contributed by atoms with Crippen LogP contribution in [-0.4, -0.2) is 79.6 Å². The van der Waals surface area contributed by atoms with Gasteiger partial charge in [0.05, 0.1) is 7.11 Å². The highest BCUT2D eigenvalue weighted by atomic mass is 79.9. The number of urea groups is 1. The molecule has 0 saturated carbocycles. The van der Waals surface area contributed by atoms with Gasteiger partial charge in [0.2, 0.25) is 5.91 Å². The largest absolute Gasteiger partial charge is 0.496 e. The number of hydrogen-bond donors (Lipinski definition) is 1. The number of benzene rings is 2. The summed E-state index contributed by atoms with van der Waals surface area (Å²) in [5.41, 5.74) is 1.78. The molecule has 0 bridgehead atoms. The van der Waals surface area contributed by atoms with Crippen LogP contribution in [0.1, 0.15) is 31.7 Å². The van der Waals surface area contributed by atoms with Crippen molar-refractivity contribution in [2.24, 2.45) is 0 Å². The summed E-state index contributed by atoms with van der Waals surface area (Å²) in [6.45, 7) is 7.04. The van der Waals surface area contributed by atoms with E-state index in [2.05, 4.69) is 33.1 Å². The summed E-state index contributed by atoms with van der Waals surface area (Å²) >= 11 is 3.43. The van der Waals surface area contributed by atoms with Crippen molar-refractivity contribution in [3.63, 3.8) is 0 Å². The molecule has 0 unspecified atom stereocenters. The Morgan fingerprint density at radius 1 is 1.11 bits per heavy atom. The first-order chi connectivity index (χ1) is 17.5. The molecule has 0 spiro atoms. The summed E-state index contributed by atoms with van der Waals surface area (Å²) in [6.07, 6.45) is 6.52. The number of piperazine rings is 1. The molecule has 8 heteroatoms. The highest BCUT2D eigenvalue weighted by molar-refractivity contribution is 9.10. The van der Waals surface area contributed by atoms with E-state index in [1.54, 1.807) is 7.11 Å². The number of amides is 3. The van der Waals surface area contributed by atoms with Gasteiger partial charge < -0.3 is 19.9 Å². The molecule has 1 aliphatic rings. The van der Waals surface area contributed by atoms with E-state index in [1.165, 1.54) is 0 Å². The molecule has 0 aliphatic carbocycles. The molecule has 2 aromatic rings. The number of nitrogens with zero attached hydrogens (tertiary/aromatic N) is 3. The highest BCUT2D eigenvalue weighted by Gasteiger charge is 2.22. The van der Waals surface area contributed by atoms with E-state index < -0.39 is 0 Å². The SMILES string of the molecule is CCCCC(=O)N(CC=Cc1ccccc1OC)CCN1CCN(C(=O)Nc2cccc(Br)c2)CC1. The van der Waals surface area contributed by atoms with Gasteiger partial charge >= 0.3 is 6.03 Å². The van der Waals surface area contributed by atoms with E-state index in [4.69, 9.17) is 4.74 Å². The second-order valence-corrected chi connectivity index (χ2v) is 9.77. The maximum absolute atomic E-state index is 12.9. The normalized spacial score (nSPS) is 14.1. The minimum absolute atomic E-state index is 0.0782. The average Bonchev–Trinajstić information content (AvgIpc) is 2.89. The number of para-hydroxylation sites is 1. The summed E-state index contributed by atoms with van der Waals surface area (Å²) in [5, 5.41) is 2.97. The highest BCUT2D eigenvalue weighted by Crippen LogP contribution is 2.19. The summed E-state index contributed by atoms with van der Waals surface area (Å²) in [4.78, 5) is 31.6. The van der Waals surface area contributed by atoms with Crippen LogP contribution in [0.3, 0.4) is 0 Å². The van der Waals surface area contributed by atoms with Crippen molar-refractivity contribution in [3.8, 4) is 5.75 Å². The van der Waals surface area contributed by atoms with E-state index in [0.717, 1.165) is 53.9 Å². The monoisotopic (exact) mass is 556 g/mol. The van der Waals surface area contributed by atoms with Crippen molar-refractivity contribution in [1.29, 1.82) is 0 Å². The first-order valence-corrected chi connectivity index (χ1v) is 13.4. The Labute approximate surface area is 223 Å². The molecule has 0 radical (unpaired) electrons. The fourth-order valence-corrected chi connectivity index (χ4v) is 4.52. The van der Waals surface area contributed by atoms with E-state index in [1.807, 2.05) is 70.5 Å². The summed E-state index contributed by atoms with van der Waals surface area (Å²) in [6, 6.07) is 15.4. The van der Waals surface area contributed by atoms with E-state index in [0.29, 0.717) is 32.6 Å². The smallest absolute Gasteiger partial charge is 0.321 e. The number of methoxy groups -OCH3 is 1. The van der Waals surface area contributed by atoms with Gasteiger partial charge in [-0.05, 0) is 30.7 Å². The fraction of sp³-hybridized carbons (Fsp3) is 0.429. The molecule has 3 amide bonds. The number of nitrogens with one attached hydrogen (secondary N) is 1. The lowest BCUT2D eigenvalue weighted by molar-refractivity contribution is -0.131. The van der Waals surface area contributed by atoms with Crippen LogP contribution < -0.4 is 10.1 Å². The lowest BCUT2D eigenvalue weighted by Crippen LogP contribution is -2.51. The van der Waals surface area contributed by atoms with E-state index in [9.17, 15) is 9.59 Å². The predicted octanol–water partition coefficient (Wildman–Crippen LogP) is 5.34. The van der Waals surface area contributed by atoms with Gasteiger partial charge in [0.15, 0.2) is 0 Å². The molecule has 0 aromatic heterocycles. The van der Waals surface area contributed by atoms with Crippen molar-refractivity contribution in [1.82, 2.24) is 14.7 Å². The average molecular weight is 558 g/mol. The van der Waals surface area contributed by atoms with Crippen LogP contribution in [0.5, 0.6) is 5.75 Å². The Bertz CT molecular complexity index is 1020. The molecule has 1 heterocycles.